The van der Waals surface area contributed by atoms with Gasteiger partial charge < -0.3 is 19.3 Å². The maximum atomic E-state index is 10.0. The van der Waals surface area contributed by atoms with E-state index >= 15 is 0 Å². The lowest BCUT2D eigenvalue weighted by atomic mass is 10.3. The van der Waals surface area contributed by atoms with Crippen LogP contribution in [0.15, 0.2) is 0 Å². The summed E-state index contributed by atoms with van der Waals surface area (Å²) in [5.74, 6) is -1.02. The van der Waals surface area contributed by atoms with Gasteiger partial charge in [0.05, 0.1) is 6.61 Å². The van der Waals surface area contributed by atoms with Gasteiger partial charge in [-0.05, 0) is 6.42 Å². The fraction of sp³-hybridized carbons (Fsp3) is 0.800. The highest BCUT2D eigenvalue weighted by Crippen LogP contribution is 1.86. The third-order valence-electron chi connectivity index (χ3n) is 1.33. The van der Waals surface area contributed by atoms with Gasteiger partial charge in [-0.2, -0.15) is 0 Å². The van der Waals surface area contributed by atoms with E-state index in [-0.39, 0.29) is 12.4 Å². The smallest absolute Gasteiger partial charge is 0.303 e. The average molecular weight is 236 g/mol. The summed E-state index contributed by atoms with van der Waals surface area (Å²) in [6.45, 7) is 2.73. The van der Waals surface area contributed by atoms with E-state index in [0.717, 1.165) is 0 Å². The molecule has 0 aromatic carbocycles. The highest BCUT2D eigenvalue weighted by molar-refractivity contribution is 5.66. The molecule has 0 aliphatic rings. The van der Waals surface area contributed by atoms with Crippen molar-refractivity contribution in [1.29, 1.82) is 0 Å². The first-order valence-corrected chi connectivity index (χ1v) is 4.87. The number of carbonyl (C=O) groups is 2. The van der Waals surface area contributed by atoms with E-state index in [1.165, 1.54) is 6.92 Å². The second-order valence-corrected chi connectivity index (χ2v) is 2.82. The predicted molar refractivity (Wildman–Crippen MR) is 57.3 cm³/mol. The van der Waals surface area contributed by atoms with Crippen LogP contribution in [0.3, 0.4) is 0 Å². The maximum Gasteiger partial charge on any atom is 0.303 e. The summed E-state index contributed by atoms with van der Waals surface area (Å²) < 4.78 is 13.8. The number of methoxy groups -OCH3 is 2. The van der Waals surface area contributed by atoms with E-state index < -0.39 is 5.97 Å². The molecule has 0 unspecified atom stereocenters. The van der Waals surface area contributed by atoms with Crippen molar-refractivity contribution in [3.05, 3.63) is 0 Å². The van der Waals surface area contributed by atoms with Crippen molar-refractivity contribution in [2.45, 2.75) is 19.8 Å². The van der Waals surface area contributed by atoms with E-state index in [2.05, 4.69) is 14.2 Å². The second-order valence-electron chi connectivity index (χ2n) is 2.82. The Hall–Kier alpha value is -1.14. The normalized spacial score (nSPS) is 8.94. The molecule has 0 spiro atoms. The molecule has 0 aromatic rings. The molecule has 0 heterocycles. The van der Waals surface area contributed by atoms with Gasteiger partial charge in [0.25, 0.3) is 0 Å². The van der Waals surface area contributed by atoms with Gasteiger partial charge >= 0.3 is 11.9 Å². The van der Waals surface area contributed by atoms with Crippen molar-refractivity contribution in [2.24, 2.45) is 0 Å². The molecule has 0 fully saturated rings. The lowest BCUT2D eigenvalue weighted by Gasteiger charge is -1.97. The van der Waals surface area contributed by atoms with Gasteiger partial charge in [0.1, 0.15) is 6.61 Å². The molecule has 1 N–H and O–H groups in total. The van der Waals surface area contributed by atoms with Gasteiger partial charge in [-0.1, -0.05) is 0 Å². The van der Waals surface area contributed by atoms with Crippen molar-refractivity contribution in [2.75, 3.05) is 34.0 Å². The van der Waals surface area contributed by atoms with Crippen LogP contribution in [0, 0.1) is 0 Å². The Morgan fingerprint density at radius 3 is 2.00 bits per heavy atom. The molecule has 6 nitrogen and oxygen atoms in total. The molecule has 0 aliphatic carbocycles. The zero-order valence-corrected chi connectivity index (χ0v) is 10.0. The van der Waals surface area contributed by atoms with Gasteiger partial charge in [0.2, 0.25) is 0 Å². The number of hydrogen-bond donors (Lipinski definition) is 1. The van der Waals surface area contributed by atoms with Crippen LogP contribution in [-0.2, 0) is 23.8 Å². The molecule has 0 saturated heterocycles. The average Bonchev–Trinajstić information content (AvgIpc) is 2.18. The molecule has 0 radical (unpaired) electrons. The highest BCUT2D eigenvalue weighted by atomic mass is 16.6. The van der Waals surface area contributed by atoms with Crippen molar-refractivity contribution in [3.8, 4) is 0 Å². The Labute approximate surface area is 95.5 Å². The molecule has 16 heavy (non-hydrogen) atoms. The predicted octanol–water partition coefficient (Wildman–Crippen LogP) is 0.694. The molecule has 0 bridgehead atoms. The largest absolute Gasteiger partial charge is 0.481 e. The summed E-state index contributed by atoms with van der Waals surface area (Å²) in [4.78, 5) is 19.9. The number of esters is 1. The van der Waals surface area contributed by atoms with Crippen LogP contribution in [-0.4, -0.2) is 51.1 Å². The molecule has 0 amide bonds. The number of hydrogen-bond acceptors (Lipinski definition) is 5. The molecule has 0 rings (SSSR count). The number of ether oxygens (including phenoxy) is 3. The Morgan fingerprint density at radius 1 is 1.06 bits per heavy atom. The first-order valence-electron chi connectivity index (χ1n) is 4.87. The van der Waals surface area contributed by atoms with Gasteiger partial charge in [0.15, 0.2) is 0 Å². The Bertz CT molecular complexity index is 160. The summed E-state index contributed by atoms with van der Waals surface area (Å²) in [5, 5.41) is 8.08. The van der Waals surface area contributed by atoms with E-state index in [1.807, 2.05) is 0 Å². The number of carboxylic acids is 1. The second kappa shape index (κ2) is 13.9. The minimum Gasteiger partial charge on any atom is -0.481 e. The Kier molecular flexibility index (Phi) is 15.0. The Morgan fingerprint density at radius 2 is 1.62 bits per heavy atom. The molecule has 0 saturated carbocycles. The first kappa shape index (κ1) is 17.3. The fourth-order valence-electron chi connectivity index (χ4n) is 0.636. The topological polar surface area (TPSA) is 82.1 Å². The Balaban J connectivity index is 0. The van der Waals surface area contributed by atoms with E-state index in [0.29, 0.717) is 26.2 Å². The molecular weight excluding hydrogens is 216 g/mol. The van der Waals surface area contributed by atoms with Crippen LogP contribution in [0.1, 0.15) is 19.8 Å². The van der Waals surface area contributed by atoms with Crippen molar-refractivity contribution < 1.29 is 28.9 Å². The lowest BCUT2D eigenvalue weighted by molar-refractivity contribution is -0.142. The van der Waals surface area contributed by atoms with E-state index in [1.54, 1.807) is 14.2 Å². The molecule has 6 heteroatoms. The quantitative estimate of drug-likeness (QED) is 0.517. The van der Waals surface area contributed by atoms with Gasteiger partial charge in [0, 0.05) is 34.2 Å². The minimum atomic E-state index is -0.762. The third-order valence-corrected chi connectivity index (χ3v) is 1.33. The SMILES string of the molecule is COCCCC(=O)O.COCCOC(C)=O. The van der Waals surface area contributed by atoms with Gasteiger partial charge in [-0.25, -0.2) is 0 Å². The van der Waals surface area contributed by atoms with Crippen LogP contribution in [0.25, 0.3) is 0 Å². The van der Waals surface area contributed by atoms with Crippen molar-refractivity contribution >= 4 is 11.9 Å². The fourth-order valence-corrected chi connectivity index (χ4v) is 0.636. The molecule has 0 aliphatic heterocycles. The highest BCUT2D eigenvalue weighted by Gasteiger charge is 1.93. The summed E-state index contributed by atoms with van der Waals surface area (Å²) in [5.41, 5.74) is 0. The summed E-state index contributed by atoms with van der Waals surface area (Å²) in [6, 6.07) is 0. The maximum absolute atomic E-state index is 10.0. The van der Waals surface area contributed by atoms with E-state index in [4.69, 9.17) is 5.11 Å². The van der Waals surface area contributed by atoms with Crippen molar-refractivity contribution in [3.63, 3.8) is 0 Å². The number of rotatable bonds is 7. The third kappa shape index (κ3) is 23.0. The first-order chi connectivity index (χ1) is 7.54. The molecular formula is C10H20O6. The monoisotopic (exact) mass is 236 g/mol. The van der Waals surface area contributed by atoms with Crippen LogP contribution in [0.2, 0.25) is 0 Å². The standard InChI is InChI=1S/2C5H10O3/c1-5(6)8-4-3-7-2;1-8-4-2-3-5(6)7/h3-4H2,1-2H3;2-4H2,1H3,(H,6,7). The molecule has 96 valence electrons. The number of carboxylic acid groups (broad SMARTS) is 1. The summed E-state index contributed by atoms with van der Waals surface area (Å²) in [7, 11) is 3.12. The molecule has 0 aromatic heterocycles. The minimum absolute atomic E-state index is 0.202. The molecule has 0 atom stereocenters. The van der Waals surface area contributed by atoms with E-state index in [9.17, 15) is 9.59 Å². The van der Waals surface area contributed by atoms with Crippen LogP contribution < -0.4 is 0 Å². The summed E-state index contributed by atoms with van der Waals surface area (Å²) in [6.07, 6.45) is 0.805. The summed E-state index contributed by atoms with van der Waals surface area (Å²) >= 11 is 0. The number of aliphatic carboxylic acids is 1. The van der Waals surface area contributed by atoms with Crippen LogP contribution in [0.4, 0.5) is 0 Å². The number of carbonyl (C=O) groups excluding carboxylic acids is 1. The zero-order valence-electron chi connectivity index (χ0n) is 10.0. The lowest BCUT2D eigenvalue weighted by Crippen LogP contribution is -2.05. The van der Waals surface area contributed by atoms with Gasteiger partial charge in [-0.3, -0.25) is 9.59 Å². The van der Waals surface area contributed by atoms with Crippen LogP contribution >= 0.6 is 0 Å². The van der Waals surface area contributed by atoms with Crippen LogP contribution in [0.5, 0.6) is 0 Å². The van der Waals surface area contributed by atoms with Gasteiger partial charge in [-0.15, -0.1) is 0 Å². The van der Waals surface area contributed by atoms with Crippen molar-refractivity contribution in [1.82, 2.24) is 0 Å². The zero-order chi connectivity index (χ0) is 12.8.